The Kier molecular flexibility index (Phi) is 5.90. The molecule has 0 fully saturated rings. The molecule has 0 spiro atoms. The number of hydrogen-bond donors (Lipinski definition) is 1. The molecule has 124 valence electrons. The third kappa shape index (κ3) is 5.09. The van der Waals surface area contributed by atoms with Crippen LogP contribution >= 0.6 is 0 Å². The molecule has 0 unspecified atom stereocenters. The topological polar surface area (TPSA) is 55.4 Å². The minimum atomic E-state index is -1.00. The molecule has 1 amide bonds. The fraction of sp³-hybridized carbons (Fsp3) is 0.200. The van der Waals surface area contributed by atoms with Crippen LogP contribution in [-0.2, 0) is 14.3 Å². The molecule has 0 aliphatic heterocycles. The Bertz CT molecular complexity index is 729. The molecule has 0 saturated heterocycles. The highest BCUT2D eigenvalue weighted by atomic mass is 16.5. The van der Waals surface area contributed by atoms with Crippen LogP contribution in [0.25, 0.3) is 0 Å². The lowest BCUT2D eigenvalue weighted by Crippen LogP contribution is -2.25. The molecule has 4 heteroatoms. The molecule has 0 saturated carbocycles. The number of ether oxygens (including phenoxy) is 1. The molecule has 24 heavy (non-hydrogen) atoms. The van der Waals surface area contributed by atoms with Crippen molar-refractivity contribution < 1.29 is 14.3 Å². The molecule has 2 aromatic rings. The van der Waals surface area contributed by atoms with Gasteiger partial charge >= 0.3 is 5.97 Å². The van der Waals surface area contributed by atoms with E-state index in [2.05, 4.69) is 5.32 Å². The normalized spacial score (nSPS) is 11.3. The number of aryl methyl sites for hydroxylation is 1. The summed E-state index contributed by atoms with van der Waals surface area (Å²) in [5.41, 5.74) is 3.19. The summed E-state index contributed by atoms with van der Waals surface area (Å²) in [6, 6.07) is 16.4. The average Bonchev–Trinajstić information content (AvgIpc) is 2.55. The van der Waals surface area contributed by atoms with Gasteiger partial charge in [-0.15, -0.1) is 0 Å². The van der Waals surface area contributed by atoms with Gasteiger partial charge in [0, 0.05) is 17.3 Å². The van der Waals surface area contributed by atoms with Crippen molar-refractivity contribution in [1.29, 1.82) is 0 Å². The van der Waals surface area contributed by atoms with Crippen molar-refractivity contribution in [3.05, 3.63) is 77.4 Å². The lowest BCUT2D eigenvalue weighted by molar-refractivity contribution is -0.149. The first-order valence-corrected chi connectivity index (χ1v) is 7.73. The molecule has 0 aliphatic rings. The smallest absolute Gasteiger partial charge is 0.331 e. The van der Waals surface area contributed by atoms with Gasteiger partial charge < -0.3 is 10.1 Å². The van der Waals surface area contributed by atoms with Crippen LogP contribution in [-0.4, -0.2) is 11.9 Å². The first kappa shape index (κ1) is 17.5. The zero-order chi connectivity index (χ0) is 17.5. The number of carbonyl (C=O) groups is 2. The monoisotopic (exact) mass is 323 g/mol. The highest BCUT2D eigenvalue weighted by molar-refractivity contribution is 5.97. The molecular formula is C20H21NO3. The van der Waals surface area contributed by atoms with Gasteiger partial charge in [0.05, 0.1) is 0 Å². The SMILES string of the molecule is CC(C)=CC(=O)O[C@H](C(=O)Nc1ccc(C)cc1)c1ccccc1. The van der Waals surface area contributed by atoms with Crippen LogP contribution in [0.3, 0.4) is 0 Å². The molecule has 0 bridgehead atoms. The Balaban J connectivity index is 2.21. The van der Waals surface area contributed by atoms with E-state index in [9.17, 15) is 9.59 Å². The summed E-state index contributed by atoms with van der Waals surface area (Å²) in [5.74, 6) is -0.927. The van der Waals surface area contributed by atoms with Crippen molar-refractivity contribution in [3.63, 3.8) is 0 Å². The quantitative estimate of drug-likeness (QED) is 0.663. The maximum atomic E-state index is 12.6. The molecule has 2 aromatic carbocycles. The van der Waals surface area contributed by atoms with Crippen LogP contribution in [0.4, 0.5) is 5.69 Å². The Labute approximate surface area is 142 Å². The largest absolute Gasteiger partial charge is 0.444 e. The van der Waals surface area contributed by atoms with Gasteiger partial charge in [-0.25, -0.2) is 4.79 Å². The maximum Gasteiger partial charge on any atom is 0.331 e. The van der Waals surface area contributed by atoms with Gasteiger partial charge in [-0.05, 0) is 32.9 Å². The number of anilines is 1. The molecule has 1 atom stereocenters. The van der Waals surface area contributed by atoms with Gasteiger partial charge in [-0.3, -0.25) is 4.79 Å². The van der Waals surface area contributed by atoms with Gasteiger partial charge in [-0.1, -0.05) is 53.6 Å². The van der Waals surface area contributed by atoms with Crippen LogP contribution in [0.5, 0.6) is 0 Å². The van der Waals surface area contributed by atoms with E-state index in [0.29, 0.717) is 11.3 Å². The van der Waals surface area contributed by atoms with Crippen LogP contribution in [0.15, 0.2) is 66.2 Å². The molecule has 0 radical (unpaired) electrons. The summed E-state index contributed by atoms with van der Waals surface area (Å²) >= 11 is 0. The van der Waals surface area contributed by atoms with E-state index in [1.807, 2.05) is 37.3 Å². The van der Waals surface area contributed by atoms with Gasteiger partial charge in [0.15, 0.2) is 0 Å². The molecular weight excluding hydrogens is 302 g/mol. The van der Waals surface area contributed by atoms with Crippen LogP contribution in [0.1, 0.15) is 31.1 Å². The highest BCUT2D eigenvalue weighted by Gasteiger charge is 2.24. The van der Waals surface area contributed by atoms with Gasteiger partial charge in [0.25, 0.3) is 5.91 Å². The van der Waals surface area contributed by atoms with Crippen molar-refractivity contribution in [2.75, 3.05) is 5.32 Å². The lowest BCUT2D eigenvalue weighted by atomic mass is 10.1. The van der Waals surface area contributed by atoms with Crippen molar-refractivity contribution in [1.82, 2.24) is 0 Å². The van der Waals surface area contributed by atoms with E-state index >= 15 is 0 Å². The third-order valence-electron chi connectivity index (χ3n) is 3.30. The predicted octanol–water partition coefficient (Wildman–Crippen LogP) is 4.18. The van der Waals surface area contributed by atoms with Crippen LogP contribution in [0, 0.1) is 6.92 Å². The summed E-state index contributed by atoms with van der Waals surface area (Å²) in [6.45, 7) is 5.57. The zero-order valence-corrected chi connectivity index (χ0v) is 14.1. The summed E-state index contributed by atoms with van der Waals surface area (Å²) in [6.07, 6.45) is 0.366. The maximum absolute atomic E-state index is 12.6. The zero-order valence-electron chi connectivity index (χ0n) is 14.1. The number of rotatable bonds is 5. The first-order chi connectivity index (χ1) is 11.5. The van der Waals surface area contributed by atoms with Crippen LogP contribution in [0.2, 0.25) is 0 Å². The van der Waals surface area contributed by atoms with Crippen molar-refractivity contribution in [2.45, 2.75) is 26.9 Å². The molecule has 1 N–H and O–H groups in total. The highest BCUT2D eigenvalue weighted by Crippen LogP contribution is 2.21. The number of amides is 1. The minimum Gasteiger partial charge on any atom is -0.444 e. The Morgan fingerprint density at radius 3 is 2.21 bits per heavy atom. The van der Waals surface area contributed by atoms with E-state index in [1.165, 1.54) is 6.08 Å². The lowest BCUT2D eigenvalue weighted by Gasteiger charge is -2.17. The summed E-state index contributed by atoms with van der Waals surface area (Å²) in [4.78, 5) is 24.6. The van der Waals surface area contributed by atoms with Crippen molar-refractivity contribution in [3.8, 4) is 0 Å². The Hall–Kier alpha value is -2.88. The number of carbonyl (C=O) groups excluding carboxylic acids is 2. The van der Waals surface area contributed by atoms with E-state index < -0.39 is 12.1 Å². The Morgan fingerprint density at radius 2 is 1.62 bits per heavy atom. The van der Waals surface area contributed by atoms with Gasteiger partial charge in [0.2, 0.25) is 6.10 Å². The fourth-order valence-corrected chi connectivity index (χ4v) is 2.13. The van der Waals surface area contributed by atoms with Crippen molar-refractivity contribution in [2.24, 2.45) is 0 Å². The van der Waals surface area contributed by atoms with E-state index in [-0.39, 0.29) is 5.91 Å². The molecule has 2 rings (SSSR count). The van der Waals surface area contributed by atoms with E-state index in [4.69, 9.17) is 4.74 Å². The Morgan fingerprint density at radius 1 is 1.00 bits per heavy atom. The van der Waals surface area contributed by atoms with E-state index in [0.717, 1.165) is 11.1 Å². The van der Waals surface area contributed by atoms with E-state index in [1.54, 1.807) is 38.1 Å². The van der Waals surface area contributed by atoms with Crippen LogP contribution < -0.4 is 5.32 Å². The third-order valence-corrected chi connectivity index (χ3v) is 3.30. The number of esters is 1. The second kappa shape index (κ2) is 8.11. The predicted molar refractivity (Wildman–Crippen MR) is 94.5 cm³/mol. The summed E-state index contributed by atoms with van der Waals surface area (Å²) in [7, 11) is 0. The summed E-state index contributed by atoms with van der Waals surface area (Å²) < 4.78 is 5.38. The number of hydrogen-bond acceptors (Lipinski definition) is 3. The van der Waals surface area contributed by atoms with Gasteiger partial charge in [-0.2, -0.15) is 0 Å². The second-order valence-corrected chi connectivity index (χ2v) is 5.80. The second-order valence-electron chi connectivity index (χ2n) is 5.80. The molecule has 0 heterocycles. The minimum absolute atomic E-state index is 0.388. The fourth-order valence-electron chi connectivity index (χ4n) is 2.13. The number of benzene rings is 2. The molecule has 0 aliphatic carbocycles. The number of nitrogens with one attached hydrogen (secondary N) is 1. The molecule has 0 aromatic heterocycles. The standard InChI is InChI=1S/C20H21NO3/c1-14(2)13-18(22)24-19(16-7-5-4-6-8-16)20(23)21-17-11-9-15(3)10-12-17/h4-13,19H,1-3H3,(H,21,23)/t19-/m0/s1. The van der Waals surface area contributed by atoms with Gasteiger partial charge in [0.1, 0.15) is 0 Å². The first-order valence-electron chi connectivity index (χ1n) is 7.73. The average molecular weight is 323 g/mol. The number of allylic oxidation sites excluding steroid dienone is 1. The van der Waals surface area contributed by atoms with Crippen molar-refractivity contribution >= 4 is 17.6 Å². The molecule has 4 nitrogen and oxygen atoms in total. The summed E-state index contributed by atoms with van der Waals surface area (Å²) in [5, 5.41) is 2.79.